The van der Waals surface area contributed by atoms with Crippen molar-refractivity contribution in [2.45, 2.75) is 6.54 Å². The summed E-state index contributed by atoms with van der Waals surface area (Å²) in [4.78, 5) is 11.5. The van der Waals surface area contributed by atoms with E-state index in [4.69, 9.17) is 13.9 Å². The van der Waals surface area contributed by atoms with Gasteiger partial charge in [0.05, 0.1) is 26.6 Å². The van der Waals surface area contributed by atoms with Crippen LogP contribution >= 0.6 is 0 Å². The van der Waals surface area contributed by atoms with Crippen molar-refractivity contribution in [3.8, 4) is 0 Å². The van der Waals surface area contributed by atoms with Crippen LogP contribution in [0.25, 0.3) is 0 Å². The first-order valence-electron chi connectivity index (χ1n) is 5.76. The first-order valence-corrected chi connectivity index (χ1v) is 5.76. The Hall–Kier alpha value is -1.33. The Bertz CT molecular complexity index is 355. The molecule has 5 nitrogen and oxygen atoms in total. The van der Waals surface area contributed by atoms with Crippen LogP contribution in [0.2, 0.25) is 0 Å². The third kappa shape index (κ3) is 3.08. The molecule has 1 saturated heterocycles. The van der Waals surface area contributed by atoms with E-state index in [2.05, 4.69) is 0 Å². The van der Waals surface area contributed by atoms with E-state index in [9.17, 15) is 4.79 Å². The smallest absolute Gasteiger partial charge is 0.361 e. The minimum Gasteiger partial charge on any atom is -0.465 e. The van der Waals surface area contributed by atoms with Gasteiger partial charge in [0.25, 0.3) is 0 Å². The number of esters is 1. The summed E-state index contributed by atoms with van der Waals surface area (Å²) in [5.74, 6) is 0.717. The summed E-state index contributed by atoms with van der Waals surface area (Å²) in [6.07, 6.45) is 1.66. The van der Waals surface area contributed by atoms with E-state index >= 15 is 0 Å². The van der Waals surface area contributed by atoms with Crippen LogP contribution in [0.15, 0.2) is 22.8 Å². The molecule has 1 aliphatic heterocycles. The molecule has 0 spiro atoms. The second kappa shape index (κ2) is 5.33. The lowest BCUT2D eigenvalue weighted by Crippen LogP contribution is -2.56. The highest BCUT2D eigenvalue weighted by molar-refractivity contribution is 5.70. The summed E-state index contributed by atoms with van der Waals surface area (Å²) in [5, 5.41) is 0. The van der Waals surface area contributed by atoms with Crippen LogP contribution in [0.4, 0.5) is 0 Å². The molecule has 2 heterocycles. The highest BCUT2D eigenvalue weighted by Crippen LogP contribution is 2.18. The predicted octanol–water partition coefficient (Wildman–Crippen LogP) is 0.800. The first kappa shape index (κ1) is 12.1. The molecule has 1 aromatic rings. The molecule has 0 bridgehead atoms. The maximum atomic E-state index is 11.5. The van der Waals surface area contributed by atoms with Crippen LogP contribution in [-0.4, -0.2) is 50.4 Å². The lowest BCUT2D eigenvalue weighted by atomic mass is 10.2. The highest BCUT2D eigenvalue weighted by Gasteiger charge is 2.34. The molecule has 2 rings (SSSR count). The minimum absolute atomic E-state index is 0.182. The summed E-state index contributed by atoms with van der Waals surface area (Å²) >= 11 is 0. The summed E-state index contributed by atoms with van der Waals surface area (Å²) in [6.45, 7) is 4.08. The van der Waals surface area contributed by atoms with E-state index < -0.39 is 0 Å². The second-order valence-electron chi connectivity index (χ2n) is 4.37. The quantitative estimate of drug-likeness (QED) is 0.577. The number of methoxy groups -OCH3 is 1. The third-order valence-corrected chi connectivity index (χ3v) is 3.18. The fourth-order valence-corrected chi connectivity index (χ4v) is 2.17. The Balaban J connectivity index is 2.08. The molecule has 5 heteroatoms. The average Bonchev–Trinajstić information content (AvgIpc) is 2.82. The summed E-state index contributed by atoms with van der Waals surface area (Å²) in [6, 6.07) is 3.80. The molecule has 17 heavy (non-hydrogen) atoms. The number of nitrogens with zero attached hydrogens (tertiary/aromatic N) is 1. The van der Waals surface area contributed by atoms with Crippen LogP contribution in [0, 0.1) is 0 Å². The second-order valence-corrected chi connectivity index (χ2v) is 4.37. The number of carbonyl (C=O) groups is 1. The zero-order chi connectivity index (χ0) is 12.1. The van der Waals surface area contributed by atoms with Gasteiger partial charge in [0.1, 0.15) is 19.6 Å². The fraction of sp³-hybridized carbons (Fsp3) is 0.583. The number of furan rings is 1. The van der Waals surface area contributed by atoms with Crippen LogP contribution in [0.5, 0.6) is 0 Å². The number of morpholine rings is 1. The van der Waals surface area contributed by atoms with Crippen LogP contribution in [0.3, 0.4) is 0 Å². The fourth-order valence-electron chi connectivity index (χ4n) is 2.17. The topological polar surface area (TPSA) is 48.7 Å². The molecule has 0 amide bonds. The monoisotopic (exact) mass is 240 g/mol. The molecule has 0 aromatic carbocycles. The van der Waals surface area contributed by atoms with Crippen LogP contribution in [0.1, 0.15) is 5.76 Å². The van der Waals surface area contributed by atoms with Crippen LogP contribution < -0.4 is 0 Å². The normalized spacial score (nSPS) is 18.9. The van der Waals surface area contributed by atoms with Gasteiger partial charge in [-0.2, -0.15) is 0 Å². The predicted molar refractivity (Wildman–Crippen MR) is 60.1 cm³/mol. The molecule has 1 aliphatic rings. The molecule has 0 saturated carbocycles. The maximum Gasteiger partial charge on any atom is 0.361 e. The number of hydrogen-bond donors (Lipinski definition) is 0. The number of carbonyl (C=O) groups excluding carboxylic acids is 1. The van der Waals surface area contributed by atoms with E-state index in [-0.39, 0.29) is 5.97 Å². The van der Waals surface area contributed by atoms with Gasteiger partial charge in [0, 0.05) is 0 Å². The zero-order valence-electron chi connectivity index (χ0n) is 10.1. The van der Waals surface area contributed by atoms with Gasteiger partial charge in [-0.05, 0) is 12.1 Å². The van der Waals surface area contributed by atoms with E-state index in [0.29, 0.717) is 30.8 Å². The number of quaternary nitrogens is 1. The van der Waals surface area contributed by atoms with Gasteiger partial charge in [-0.3, -0.25) is 0 Å². The van der Waals surface area contributed by atoms with Gasteiger partial charge in [-0.1, -0.05) is 0 Å². The first-order chi connectivity index (χ1) is 8.24. The van der Waals surface area contributed by atoms with E-state index in [1.807, 2.05) is 12.1 Å². The van der Waals surface area contributed by atoms with Crippen molar-refractivity contribution in [2.75, 3.05) is 40.0 Å². The van der Waals surface area contributed by atoms with Crippen LogP contribution in [-0.2, 0) is 20.8 Å². The molecule has 94 valence electrons. The molecule has 0 aliphatic carbocycles. The lowest BCUT2D eigenvalue weighted by molar-refractivity contribution is -0.941. The molecule has 0 N–H and O–H groups in total. The zero-order valence-corrected chi connectivity index (χ0v) is 10.1. The molecule has 0 atom stereocenters. The van der Waals surface area contributed by atoms with E-state index in [0.717, 1.165) is 18.8 Å². The van der Waals surface area contributed by atoms with Crippen molar-refractivity contribution < 1.29 is 23.2 Å². The third-order valence-electron chi connectivity index (χ3n) is 3.18. The van der Waals surface area contributed by atoms with Gasteiger partial charge >= 0.3 is 5.97 Å². The molecular formula is C12H18NO4+. The van der Waals surface area contributed by atoms with Gasteiger partial charge in [-0.15, -0.1) is 0 Å². The van der Waals surface area contributed by atoms with Crippen molar-refractivity contribution in [1.82, 2.24) is 0 Å². The average molecular weight is 240 g/mol. The van der Waals surface area contributed by atoms with Crippen molar-refractivity contribution in [2.24, 2.45) is 0 Å². The Labute approximate surface area is 100 Å². The number of rotatable bonds is 4. The maximum absolute atomic E-state index is 11.5. The molecule has 1 aromatic heterocycles. The standard InChI is InChI=1S/C12H18NO4/c1-15-12(14)10-13(4-7-16-8-5-13)9-11-3-2-6-17-11/h2-3,6H,4-5,7-10H2,1H3/q+1. The lowest BCUT2D eigenvalue weighted by Gasteiger charge is -2.39. The van der Waals surface area contributed by atoms with Gasteiger partial charge in [-0.25, -0.2) is 4.79 Å². The Morgan fingerprint density at radius 2 is 2.24 bits per heavy atom. The molecule has 0 unspecified atom stereocenters. The van der Waals surface area contributed by atoms with Gasteiger partial charge in [0.2, 0.25) is 0 Å². The highest BCUT2D eigenvalue weighted by atomic mass is 16.5. The van der Waals surface area contributed by atoms with Gasteiger partial charge < -0.3 is 18.4 Å². The Morgan fingerprint density at radius 3 is 2.82 bits per heavy atom. The minimum atomic E-state index is -0.182. The van der Waals surface area contributed by atoms with Crippen molar-refractivity contribution in [3.05, 3.63) is 24.2 Å². The summed E-state index contributed by atoms with van der Waals surface area (Å²) < 4.78 is 16.2. The number of ether oxygens (including phenoxy) is 2. The largest absolute Gasteiger partial charge is 0.465 e. The van der Waals surface area contributed by atoms with Crippen molar-refractivity contribution in [1.29, 1.82) is 0 Å². The number of hydrogen-bond acceptors (Lipinski definition) is 4. The van der Waals surface area contributed by atoms with Crippen molar-refractivity contribution in [3.63, 3.8) is 0 Å². The van der Waals surface area contributed by atoms with E-state index in [1.54, 1.807) is 6.26 Å². The SMILES string of the molecule is COC(=O)C[N+]1(Cc2ccco2)CCOCC1. The summed E-state index contributed by atoms with van der Waals surface area (Å²) in [7, 11) is 1.42. The Morgan fingerprint density at radius 1 is 1.47 bits per heavy atom. The molecule has 0 radical (unpaired) electrons. The molecule has 1 fully saturated rings. The van der Waals surface area contributed by atoms with Gasteiger partial charge in [0.15, 0.2) is 12.3 Å². The Kier molecular flexibility index (Phi) is 3.81. The van der Waals surface area contributed by atoms with E-state index in [1.165, 1.54) is 7.11 Å². The van der Waals surface area contributed by atoms with Crippen molar-refractivity contribution >= 4 is 5.97 Å². The molecular weight excluding hydrogens is 222 g/mol. The summed E-state index contributed by atoms with van der Waals surface area (Å²) in [5.41, 5.74) is 0.